The van der Waals surface area contributed by atoms with Crippen LogP contribution in [0, 0.1) is 6.92 Å². The number of hydrogen-bond donors (Lipinski definition) is 3. The Balaban J connectivity index is 1.60. The van der Waals surface area contributed by atoms with Gasteiger partial charge in [0, 0.05) is 22.7 Å². The summed E-state index contributed by atoms with van der Waals surface area (Å²) >= 11 is 6.40. The van der Waals surface area contributed by atoms with Crippen molar-refractivity contribution in [2.24, 2.45) is 0 Å². The molecule has 0 radical (unpaired) electrons. The van der Waals surface area contributed by atoms with Gasteiger partial charge >= 0.3 is 0 Å². The molecule has 1 aliphatic rings. The fraction of sp³-hybridized carbons (Fsp3) is 0.241. The fourth-order valence-corrected chi connectivity index (χ4v) is 5.01. The lowest BCUT2D eigenvalue weighted by molar-refractivity contribution is 0.0745. The molecule has 8 nitrogen and oxygen atoms in total. The van der Waals surface area contributed by atoms with Gasteiger partial charge in [-0.15, -0.1) is 0 Å². The van der Waals surface area contributed by atoms with E-state index in [9.17, 15) is 15.0 Å². The highest BCUT2D eigenvalue weighted by Crippen LogP contribution is 2.46. The van der Waals surface area contributed by atoms with Crippen molar-refractivity contribution in [2.45, 2.75) is 26.3 Å². The van der Waals surface area contributed by atoms with E-state index in [4.69, 9.17) is 21.1 Å². The molecule has 1 aliphatic heterocycles. The Morgan fingerprint density at radius 1 is 1.08 bits per heavy atom. The molecule has 9 heteroatoms. The van der Waals surface area contributed by atoms with Crippen LogP contribution in [0.15, 0.2) is 54.6 Å². The van der Waals surface area contributed by atoms with Gasteiger partial charge < -0.3 is 24.6 Å². The van der Waals surface area contributed by atoms with Gasteiger partial charge in [0.15, 0.2) is 11.5 Å². The predicted octanol–water partition coefficient (Wildman–Crippen LogP) is 5.64. The highest BCUT2D eigenvalue weighted by atomic mass is 35.5. The van der Waals surface area contributed by atoms with Crippen molar-refractivity contribution in [2.75, 3.05) is 20.3 Å². The number of fused-ring (bicyclic) bond motifs is 1. The van der Waals surface area contributed by atoms with E-state index >= 15 is 0 Å². The average Bonchev–Trinajstić information content (AvgIpc) is 3.45. The number of H-pyrrole nitrogens is 1. The molecular weight excluding hydrogens is 506 g/mol. The number of nitrogens with one attached hydrogen (secondary N) is 1. The summed E-state index contributed by atoms with van der Waals surface area (Å²) in [7, 11) is 1.62. The number of nitrogens with zero attached hydrogens (tertiary/aromatic N) is 2. The third kappa shape index (κ3) is 4.52. The minimum Gasteiger partial charge on any atom is -0.507 e. The molecule has 0 saturated carbocycles. The summed E-state index contributed by atoms with van der Waals surface area (Å²) < 4.78 is 10.9. The van der Waals surface area contributed by atoms with E-state index < -0.39 is 6.04 Å². The van der Waals surface area contributed by atoms with Gasteiger partial charge in [0.2, 0.25) is 0 Å². The molecule has 0 bridgehead atoms. The Labute approximate surface area is 225 Å². The maximum absolute atomic E-state index is 13.7. The second kappa shape index (κ2) is 10.3. The van der Waals surface area contributed by atoms with Gasteiger partial charge in [-0.2, -0.15) is 5.10 Å². The van der Waals surface area contributed by atoms with E-state index in [1.807, 2.05) is 31.2 Å². The van der Waals surface area contributed by atoms with Crippen LogP contribution >= 0.6 is 11.6 Å². The first-order valence-electron chi connectivity index (χ1n) is 12.3. The smallest absolute Gasteiger partial charge is 0.273 e. The normalized spacial score (nSPS) is 14.6. The zero-order valence-corrected chi connectivity index (χ0v) is 22.0. The lowest BCUT2D eigenvalue weighted by Crippen LogP contribution is -2.31. The van der Waals surface area contributed by atoms with Crippen LogP contribution < -0.4 is 9.47 Å². The Bertz CT molecular complexity index is 1500. The molecule has 38 heavy (non-hydrogen) atoms. The molecule has 0 saturated heterocycles. The summed E-state index contributed by atoms with van der Waals surface area (Å²) in [6.07, 6.45) is 0.608. The number of phenols is 2. The van der Waals surface area contributed by atoms with E-state index in [2.05, 4.69) is 10.2 Å². The van der Waals surface area contributed by atoms with Crippen molar-refractivity contribution in [1.29, 1.82) is 0 Å². The number of ether oxygens (including phenoxy) is 2. The summed E-state index contributed by atoms with van der Waals surface area (Å²) in [6.45, 7) is 4.44. The average molecular weight is 534 g/mol. The maximum Gasteiger partial charge on any atom is 0.273 e. The van der Waals surface area contributed by atoms with Crippen LogP contribution in [-0.4, -0.2) is 51.5 Å². The van der Waals surface area contributed by atoms with Crippen molar-refractivity contribution >= 4 is 17.5 Å². The summed E-state index contributed by atoms with van der Waals surface area (Å²) in [5.74, 6) is 0.914. The molecule has 1 unspecified atom stereocenters. The third-order valence-electron chi connectivity index (χ3n) is 6.80. The minimum atomic E-state index is -0.538. The molecule has 5 rings (SSSR count). The van der Waals surface area contributed by atoms with Gasteiger partial charge in [-0.25, -0.2) is 0 Å². The predicted molar refractivity (Wildman–Crippen MR) is 144 cm³/mol. The number of halogens is 1. The number of amides is 1. The van der Waals surface area contributed by atoms with Crippen LogP contribution in [0.2, 0.25) is 5.02 Å². The molecular formula is C29H28ClN3O5. The van der Waals surface area contributed by atoms with Gasteiger partial charge in [-0.3, -0.25) is 9.89 Å². The van der Waals surface area contributed by atoms with E-state index in [0.717, 1.165) is 22.4 Å². The first-order valence-corrected chi connectivity index (χ1v) is 12.7. The molecule has 1 amide bonds. The number of benzene rings is 3. The van der Waals surface area contributed by atoms with Crippen LogP contribution in [0.3, 0.4) is 0 Å². The fourth-order valence-electron chi connectivity index (χ4n) is 4.85. The number of carbonyl (C=O) groups is 1. The highest BCUT2D eigenvalue weighted by Gasteiger charge is 2.42. The molecule has 0 spiro atoms. The first-order chi connectivity index (χ1) is 18.3. The minimum absolute atomic E-state index is 0.0142. The lowest BCUT2D eigenvalue weighted by Gasteiger charge is -2.27. The standard InChI is InChI=1S/C29H28ClN3O5/c1-4-38-24-14-18(7-10-22(24)34)28-25-26(20-15-21(30)16(2)13-23(20)35)31-32-27(25)29(36)33(28)12-11-17-5-8-19(37-3)9-6-17/h5-10,13-15,28,34-35H,4,11-12H2,1-3H3,(H,31,32). The molecule has 4 aromatic rings. The quantitative estimate of drug-likeness (QED) is 0.270. The maximum atomic E-state index is 13.7. The zero-order valence-electron chi connectivity index (χ0n) is 21.3. The summed E-state index contributed by atoms with van der Waals surface area (Å²) in [5, 5.41) is 28.9. The number of carbonyl (C=O) groups excluding carboxylic acids is 1. The zero-order chi connectivity index (χ0) is 27.0. The largest absolute Gasteiger partial charge is 0.507 e. The number of rotatable bonds is 8. The Hall–Kier alpha value is -4.17. The van der Waals surface area contributed by atoms with E-state index in [-0.39, 0.29) is 17.4 Å². The second-order valence-corrected chi connectivity index (χ2v) is 9.55. The van der Waals surface area contributed by atoms with Crippen LogP contribution in [0.25, 0.3) is 11.3 Å². The van der Waals surface area contributed by atoms with Crippen LogP contribution in [-0.2, 0) is 6.42 Å². The van der Waals surface area contributed by atoms with Crippen molar-refractivity contribution in [3.05, 3.63) is 87.6 Å². The Morgan fingerprint density at radius 3 is 2.55 bits per heavy atom. The Kier molecular flexibility index (Phi) is 6.91. The monoisotopic (exact) mass is 533 g/mol. The van der Waals surface area contributed by atoms with Crippen molar-refractivity contribution in [1.82, 2.24) is 15.1 Å². The van der Waals surface area contributed by atoms with Gasteiger partial charge in [0.25, 0.3) is 5.91 Å². The number of aromatic nitrogens is 2. The van der Waals surface area contributed by atoms with E-state index in [1.165, 1.54) is 0 Å². The molecule has 0 fully saturated rings. The summed E-state index contributed by atoms with van der Waals surface area (Å²) in [4.78, 5) is 15.5. The molecule has 0 aliphatic carbocycles. The molecule has 1 atom stereocenters. The number of methoxy groups -OCH3 is 1. The van der Waals surface area contributed by atoms with Crippen molar-refractivity contribution < 1.29 is 24.5 Å². The van der Waals surface area contributed by atoms with Crippen LogP contribution in [0.1, 0.15) is 45.7 Å². The number of phenolic OH excluding ortho intramolecular Hbond substituents is 2. The van der Waals surface area contributed by atoms with Gasteiger partial charge in [-0.1, -0.05) is 29.8 Å². The van der Waals surface area contributed by atoms with Gasteiger partial charge in [-0.05, 0) is 73.4 Å². The Morgan fingerprint density at radius 2 is 1.84 bits per heavy atom. The van der Waals surface area contributed by atoms with E-state index in [1.54, 1.807) is 49.3 Å². The molecule has 3 aromatic carbocycles. The number of hydrogen-bond acceptors (Lipinski definition) is 6. The topological polar surface area (TPSA) is 108 Å². The SMILES string of the molecule is CCOc1cc(C2c3c(-c4cc(Cl)c(C)cc4O)n[nH]c3C(=O)N2CCc2ccc(OC)cc2)ccc1O. The molecule has 2 heterocycles. The number of aromatic hydroxyl groups is 2. The first kappa shape index (κ1) is 25.5. The highest BCUT2D eigenvalue weighted by molar-refractivity contribution is 6.31. The molecule has 196 valence electrons. The third-order valence-corrected chi connectivity index (χ3v) is 7.20. The van der Waals surface area contributed by atoms with Crippen molar-refractivity contribution in [3.8, 4) is 34.3 Å². The summed E-state index contributed by atoms with van der Waals surface area (Å²) in [6, 6.07) is 15.5. The van der Waals surface area contributed by atoms with E-state index in [0.29, 0.717) is 52.9 Å². The van der Waals surface area contributed by atoms with Gasteiger partial charge in [0.05, 0.1) is 19.8 Å². The van der Waals surface area contributed by atoms with Crippen molar-refractivity contribution in [3.63, 3.8) is 0 Å². The van der Waals surface area contributed by atoms with Gasteiger partial charge in [0.1, 0.15) is 22.9 Å². The van der Waals surface area contributed by atoms with Crippen LogP contribution in [0.5, 0.6) is 23.0 Å². The molecule has 3 N–H and O–H groups in total. The number of aryl methyl sites for hydroxylation is 1. The molecule has 1 aromatic heterocycles. The second-order valence-electron chi connectivity index (χ2n) is 9.14. The lowest BCUT2D eigenvalue weighted by atomic mass is 9.94. The number of aromatic amines is 1. The summed E-state index contributed by atoms with van der Waals surface area (Å²) in [5.41, 5.74) is 4.37. The van der Waals surface area contributed by atoms with Crippen LogP contribution in [0.4, 0.5) is 0 Å².